The van der Waals surface area contributed by atoms with Gasteiger partial charge in [-0.05, 0) is 92.8 Å². The minimum Gasteiger partial charge on any atom is -0.393 e. The molecule has 1 aromatic rings. The fourth-order valence-corrected chi connectivity index (χ4v) is 7.93. The van der Waals surface area contributed by atoms with E-state index in [0.29, 0.717) is 25.4 Å². The molecule has 0 radical (unpaired) electrons. The van der Waals surface area contributed by atoms with Crippen molar-refractivity contribution in [2.45, 2.75) is 77.4 Å². The maximum absolute atomic E-state index is 13.1. The van der Waals surface area contributed by atoms with Gasteiger partial charge in [0.2, 0.25) is 0 Å². The van der Waals surface area contributed by atoms with E-state index in [2.05, 4.69) is 17.1 Å². The summed E-state index contributed by atoms with van der Waals surface area (Å²) in [6.07, 6.45) is 13.9. The molecular formula is C23H36FN3O2. The Labute approximate surface area is 173 Å². The van der Waals surface area contributed by atoms with Crippen LogP contribution < -0.4 is 0 Å². The molecule has 162 valence electrons. The summed E-state index contributed by atoms with van der Waals surface area (Å²) < 4.78 is 9.50. The first-order valence-electron chi connectivity index (χ1n) is 11.5. The number of nitrogens with zero attached hydrogens (tertiary/aromatic N) is 3. The van der Waals surface area contributed by atoms with Crippen molar-refractivity contribution in [3.63, 3.8) is 0 Å². The number of ketones is 1. The highest BCUT2D eigenvalue weighted by atomic mass is 19.1. The molecule has 0 aromatic carbocycles. The van der Waals surface area contributed by atoms with Gasteiger partial charge in [0.05, 0.1) is 25.7 Å². The van der Waals surface area contributed by atoms with Crippen molar-refractivity contribution in [2.24, 2.45) is 40.9 Å². The first-order valence-corrected chi connectivity index (χ1v) is 11.5. The maximum Gasteiger partial charge on any atom is 0.159 e. The Morgan fingerprint density at radius 2 is 1.76 bits per heavy atom. The zero-order valence-corrected chi connectivity index (χ0v) is 17.8. The molecule has 0 amide bonds. The third-order valence-electron chi connectivity index (χ3n) is 9.08. The van der Waals surface area contributed by atoms with Crippen molar-refractivity contribution in [2.75, 3.05) is 7.18 Å². The molecule has 4 aliphatic rings. The standard InChI is InChI=1S/C22H33N3O2.CH3F/c1-22-9-8-17-16-5-3-15(26)12-14(16)2-4-18(17)19(22)6-7-20(22)21(27)13-25-23-10-11-24-25;1-2/h10-11,14-20,26H,2-9,12-13H2,1H3;1H3. The SMILES string of the molecule is CC12CCC3C4CCC(O)CC4CCC3C1CCC2C(=O)Cn1nccn1.CF. The van der Waals surface area contributed by atoms with Crippen molar-refractivity contribution < 1.29 is 14.3 Å². The number of Topliss-reactive ketones (excluding diaryl/α,β-unsaturated/α-hetero) is 1. The van der Waals surface area contributed by atoms with E-state index in [9.17, 15) is 14.3 Å². The average molecular weight is 406 g/mol. The van der Waals surface area contributed by atoms with Crippen molar-refractivity contribution in [1.82, 2.24) is 15.0 Å². The number of hydrogen-bond acceptors (Lipinski definition) is 4. The molecule has 1 heterocycles. The van der Waals surface area contributed by atoms with E-state index < -0.39 is 0 Å². The van der Waals surface area contributed by atoms with Gasteiger partial charge in [-0.2, -0.15) is 15.0 Å². The molecule has 0 saturated heterocycles. The summed E-state index contributed by atoms with van der Waals surface area (Å²) in [6.45, 7) is 2.74. The molecular weight excluding hydrogens is 369 g/mol. The van der Waals surface area contributed by atoms with Crippen LogP contribution >= 0.6 is 0 Å². The number of rotatable bonds is 3. The van der Waals surface area contributed by atoms with E-state index in [4.69, 9.17) is 0 Å². The predicted molar refractivity (Wildman–Crippen MR) is 109 cm³/mol. The second-order valence-corrected chi connectivity index (χ2v) is 10.1. The lowest BCUT2D eigenvalue weighted by molar-refractivity contribution is -0.131. The Kier molecular flexibility index (Phi) is 6.10. The minimum absolute atomic E-state index is 0.0546. The van der Waals surface area contributed by atoms with Gasteiger partial charge in [0.25, 0.3) is 0 Å². The summed E-state index contributed by atoms with van der Waals surface area (Å²) >= 11 is 0. The molecule has 4 saturated carbocycles. The smallest absolute Gasteiger partial charge is 0.159 e. The lowest BCUT2D eigenvalue weighted by Crippen LogP contribution is -2.50. The third kappa shape index (κ3) is 3.66. The summed E-state index contributed by atoms with van der Waals surface area (Å²) in [6, 6.07) is 0. The number of aliphatic hydroxyl groups excluding tert-OH is 1. The lowest BCUT2D eigenvalue weighted by Gasteiger charge is -2.56. The highest BCUT2D eigenvalue weighted by Gasteiger charge is 2.58. The summed E-state index contributed by atoms with van der Waals surface area (Å²) in [7, 11) is 0.500. The number of hydrogen-bond donors (Lipinski definition) is 1. The lowest BCUT2D eigenvalue weighted by atomic mass is 9.49. The third-order valence-corrected chi connectivity index (χ3v) is 9.08. The number of aliphatic hydroxyl groups is 1. The van der Waals surface area contributed by atoms with Gasteiger partial charge in [-0.1, -0.05) is 6.92 Å². The summed E-state index contributed by atoms with van der Waals surface area (Å²) in [4.78, 5) is 14.6. The fraction of sp³-hybridized carbons (Fsp3) is 0.870. The maximum atomic E-state index is 13.1. The zero-order chi connectivity index (χ0) is 20.6. The van der Waals surface area contributed by atoms with Gasteiger partial charge in [0.15, 0.2) is 5.78 Å². The Bertz CT molecular complexity index is 696. The number of halogens is 1. The molecule has 29 heavy (non-hydrogen) atoms. The first kappa shape index (κ1) is 21.0. The van der Waals surface area contributed by atoms with E-state index in [1.54, 1.807) is 17.2 Å². The number of aromatic nitrogens is 3. The Morgan fingerprint density at radius 3 is 2.52 bits per heavy atom. The second kappa shape index (κ2) is 8.44. The first-order chi connectivity index (χ1) is 14.1. The van der Waals surface area contributed by atoms with E-state index in [0.717, 1.165) is 42.9 Å². The normalized spacial score (nSPS) is 43.4. The molecule has 4 fully saturated rings. The van der Waals surface area contributed by atoms with Crippen molar-refractivity contribution >= 4 is 5.78 Å². The largest absolute Gasteiger partial charge is 0.393 e. The van der Waals surface area contributed by atoms with Crippen LogP contribution in [0.15, 0.2) is 12.4 Å². The van der Waals surface area contributed by atoms with Crippen LogP contribution in [0.3, 0.4) is 0 Å². The summed E-state index contributed by atoms with van der Waals surface area (Å²) in [5, 5.41) is 18.4. The molecule has 8 atom stereocenters. The quantitative estimate of drug-likeness (QED) is 0.823. The van der Waals surface area contributed by atoms with Crippen molar-refractivity contribution in [1.29, 1.82) is 0 Å². The predicted octanol–water partition coefficient (Wildman–Crippen LogP) is 4.06. The topological polar surface area (TPSA) is 68.0 Å². The second-order valence-electron chi connectivity index (χ2n) is 10.1. The van der Waals surface area contributed by atoms with Crippen LogP contribution in [0.5, 0.6) is 0 Å². The summed E-state index contributed by atoms with van der Waals surface area (Å²) in [5.74, 6) is 4.47. The molecule has 5 nitrogen and oxygen atoms in total. The molecule has 8 unspecified atom stereocenters. The highest BCUT2D eigenvalue weighted by Crippen LogP contribution is 2.64. The van der Waals surface area contributed by atoms with Crippen LogP contribution in [-0.4, -0.2) is 39.2 Å². The fourth-order valence-electron chi connectivity index (χ4n) is 7.93. The van der Waals surface area contributed by atoms with Gasteiger partial charge < -0.3 is 5.11 Å². The molecule has 4 aliphatic carbocycles. The molecule has 6 heteroatoms. The molecule has 1 aromatic heterocycles. The van der Waals surface area contributed by atoms with Gasteiger partial charge in [-0.3, -0.25) is 9.18 Å². The minimum atomic E-state index is -0.0546. The monoisotopic (exact) mass is 405 g/mol. The van der Waals surface area contributed by atoms with E-state index >= 15 is 0 Å². The van der Waals surface area contributed by atoms with Gasteiger partial charge >= 0.3 is 0 Å². The van der Waals surface area contributed by atoms with E-state index in [1.807, 2.05) is 0 Å². The Balaban J connectivity index is 0.000000994. The summed E-state index contributed by atoms with van der Waals surface area (Å²) in [5.41, 5.74) is 0.173. The molecule has 0 bridgehead atoms. The van der Waals surface area contributed by atoms with Crippen LogP contribution in [-0.2, 0) is 11.3 Å². The van der Waals surface area contributed by atoms with Crippen LogP contribution in [0.25, 0.3) is 0 Å². The number of fused-ring (bicyclic) bond motifs is 5. The van der Waals surface area contributed by atoms with Gasteiger partial charge in [0, 0.05) is 5.92 Å². The van der Waals surface area contributed by atoms with E-state index in [1.165, 1.54) is 38.5 Å². The molecule has 0 aliphatic heterocycles. The Morgan fingerprint density at radius 1 is 1.03 bits per heavy atom. The van der Waals surface area contributed by atoms with Crippen LogP contribution in [0.2, 0.25) is 0 Å². The van der Waals surface area contributed by atoms with Gasteiger partial charge in [0.1, 0.15) is 6.54 Å². The van der Waals surface area contributed by atoms with Crippen LogP contribution in [0, 0.1) is 40.9 Å². The van der Waals surface area contributed by atoms with Crippen molar-refractivity contribution in [3.8, 4) is 0 Å². The molecule has 0 spiro atoms. The Hall–Kier alpha value is -1.30. The highest BCUT2D eigenvalue weighted by molar-refractivity contribution is 5.81. The van der Waals surface area contributed by atoms with Crippen LogP contribution in [0.1, 0.15) is 64.7 Å². The number of carbonyl (C=O) groups is 1. The van der Waals surface area contributed by atoms with E-state index in [-0.39, 0.29) is 17.4 Å². The number of alkyl halides is 1. The van der Waals surface area contributed by atoms with Crippen LogP contribution in [0.4, 0.5) is 4.39 Å². The molecule has 1 N–H and O–H groups in total. The molecule has 5 rings (SSSR count). The van der Waals surface area contributed by atoms with Gasteiger partial charge in [-0.25, -0.2) is 0 Å². The number of carbonyl (C=O) groups excluding carboxylic acids is 1. The van der Waals surface area contributed by atoms with Gasteiger partial charge in [-0.15, -0.1) is 0 Å². The average Bonchev–Trinajstić information content (AvgIpc) is 3.36. The van der Waals surface area contributed by atoms with Crippen molar-refractivity contribution in [3.05, 3.63) is 12.4 Å². The zero-order valence-electron chi connectivity index (χ0n) is 17.8.